The monoisotopic (exact) mass is 305 g/mol. The second-order valence-corrected chi connectivity index (χ2v) is 5.16. The fourth-order valence-electron chi connectivity index (χ4n) is 1.60. The first-order valence-electron chi connectivity index (χ1n) is 5.40. The lowest BCUT2D eigenvalue weighted by atomic mass is 10.1. The quantitative estimate of drug-likeness (QED) is 0.872. The van der Waals surface area contributed by atoms with Gasteiger partial charge in [0.05, 0.1) is 6.61 Å². The highest BCUT2D eigenvalue weighted by Crippen LogP contribution is 2.26. The summed E-state index contributed by atoms with van der Waals surface area (Å²) in [4.78, 5) is 0. The van der Waals surface area contributed by atoms with Gasteiger partial charge < -0.3 is 10.4 Å². The summed E-state index contributed by atoms with van der Waals surface area (Å²) in [7, 11) is 0. The van der Waals surface area contributed by atoms with Crippen molar-refractivity contribution in [2.24, 2.45) is 0 Å². The number of rotatable bonds is 5. The van der Waals surface area contributed by atoms with Crippen molar-refractivity contribution in [3.63, 3.8) is 0 Å². The third-order valence-electron chi connectivity index (χ3n) is 2.63. The molecule has 0 saturated heterocycles. The van der Waals surface area contributed by atoms with E-state index >= 15 is 0 Å². The molecule has 0 spiro atoms. The topological polar surface area (TPSA) is 32.3 Å². The third-order valence-corrected chi connectivity index (χ3v) is 3.45. The Labute approximate surface area is 110 Å². The zero-order valence-corrected chi connectivity index (χ0v) is 11.8. The van der Waals surface area contributed by atoms with Crippen LogP contribution in [0.5, 0.6) is 0 Å². The highest BCUT2D eigenvalue weighted by Gasteiger charge is 2.13. The maximum Gasteiger partial charge on any atom is 0.0584 e. The molecular weight excluding hydrogens is 289 g/mol. The molecule has 1 aromatic carbocycles. The van der Waals surface area contributed by atoms with Crippen molar-refractivity contribution in [1.29, 1.82) is 0 Å². The maximum atomic E-state index is 9.13. The molecule has 2 N–H and O–H groups in total. The van der Waals surface area contributed by atoms with E-state index in [0.717, 1.165) is 21.5 Å². The molecule has 0 bridgehead atoms. The Morgan fingerprint density at radius 2 is 2.19 bits per heavy atom. The predicted molar refractivity (Wildman–Crippen MR) is 71.9 cm³/mol. The molecule has 0 amide bonds. The van der Waals surface area contributed by atoms with Gasteiger partial charge in [-0.25, -0.2) is 0 Å². The fourth-order valence-corrected chi connectivity index (χ4v) is 2.43. The van der Waals surface area contributed by atoms with Crippen LogP contribution in [0.15, 0.2) is 22.7 Å². The number of hydrogen-bond acceptors (Lipinski definition) is 2. The van der Waals surface area contributed by atoms with Crippen molar-refractivity contribution in [1.82, 2.24) is 5.32 Å². The Hall–Kier alpha value is -0.0900. The van der Waals surface area contributed by atoms with Crippen LogP contribution in [0.1, 0.15) is 31.9 Å². The Bertz CT molecular complexity index is 342. The number of aliphatic hydroxyl groups excluding tert-OH is 1. The minimum Gasteiger partial charge on any atom is -0.395 e. The number of aliphatic hydroxyl groups is 1. The first kappa shape index (κ1) is 14.0. The third kappa shape index (κ3) is 3.74. The second-order valence-electron chi connectivity index (χ2n) is 3.84. The zero-order valence-electron chi connectivity index (χ0n) is 9.50. The van der Waals surface area contributed by atoms with Gasteiger partial charge in [0.2, 0.25) is 0 Å². The van der Waals surface area contributed by atoms with Gasteiger partial charge in [-0.3, -0.25) is 0 Å². The normalized spacial score (nSPS) is 14.8. The van der Waals surface area contributed by atoms with E-state index in [0.29, 0.717) is 0 Å². The highest BCUT2D eigenvalue weighted by atomic mass is 79.9. The summed E-state index contributed by atoms with van der Waals surface area (Å²) in [5.74, 6) is 0. The smallest absolute Gasteiger partial charge is 0.0584 e. The lowest BCUT2D eigenvalue weighted by Gasteiger charge is -2.21. The SMILES string of the molecule is CC[C@@H](CO)NC(C)c1ccc(Br)cc1Cl. The van der Waals surface area contributed by atoms with Crippen LogP contribution in [0.4, 0.5) is 0 Å². The molecule has 2 atom stereocenters. The van der Waals surface area contributed by atoms with Crippen molar-refractivity contribution >= 4 is 27.5 Å². The van der Waals surface area contributed by atoms with E-state index in [-0.39, 0.29) is 18.7 Å². The van der Waals surface area contributed by atoms with Crippen molar-refractivity contribution in [3.05, 3.63) is 33.3 Å². The van der Waals surface area contributed by atoms with Gasteiger partial charge in [0.25, 0.3) is 0 Å². The Balaban J connectivity index is 2.76. The molecule has 0 heterocycles. The minimum atomic E-state index is 0.120. The summed E-state index contributed by atoms with van der Waals surface area (Å²) in [6, 6.07) is 6.11. The molecule has 16 heavy (non-hydrogen) atoms. The summed E-state index contributed by atoms with van der Waals surface area (Å²) >= 11 is 9.54. The molecule has 1 aromatic rings. The number of halogens is 2. The van der Waals surface area contributed by atoms with Crippen molar-refractivity contribution in [2.45, 2.75) is 32.4 Å². The standard InChI is InChI=1S/C12H17BrClNO/c1-3-10(7-16)15-8(2)11-5-4-9(13)6-12(11)14/h4-6,8,10,15-16H,3,7H2,1-2H3/t8?,10-/m0/s1. The number of nitrogens with one attached hydrogen (secondary N) is 1. The van der Waals surface area contributed by atoms with E-state index < -0.39 is 0 Å². The first-order chi connectivity index (χ1) is 7.58. The largest absolute Gasteiger partial charge is 0.395 e. The molecule has 90 valence electrons. The van der Waals surface area contributed by atoms with Gasteiger partial charge in [-0.2, -0.15) is 0 Å². The van der Waals surface area contributed by atoms with Crippen LogP contribution in [0.3, 0.4) is 0 Å². The summed E-state index contributed by atoms with van der Waals surface area (Å²) in [6.07, 6.45) is 0.898. The van der Waals surface area contributed by atoms with Gasteiger partial charge >= 0.3 is 0 Å². The molecule has 0 aliphatic heterocycles. The lowest BCUT2D eigenvalue weighted by molar-refractivity contribution is 0.230. The van der Waals surface area contributed by atoms with Gasteiger partial charge in [-0.15, -0.1) is 0 Å². The van der Waals surface area contributed by atoms with Crippen LogP contribution in [0, 0.1) is 0 Å². The molecule has 2 nitrogen and oxygen atoms in total. The minimum absolute atomic E-state index is 0.120. The van der Waals surface area contributed by atoms with Gasteiger partial charge in [0.15, 0.2) is 0 Å². The number of benzene rings is 1. The van der Waals surface area contributed by atoms with E-state index in [9.17, 15) is 0 Å². The van der Waals surface area contributed by atoms with E-state index in [1.807, 2.05) is 32.0 Å². The Morgan fingerprint density at radius 3 is 2.69 bits per heavy atom. The van der Waals surface area contributed by atoms with Crippen LogP contribution in [-0.4, -0.2) is 17.8 Å². The molecule has 0 radical (unpaired) electrons. The van der Waals surface area contributed by atoms with Gasteiger partial charge in [0.1, 0.15) is 0 Å². The maximum absolute atomic E-state index is 9.13. The molecular formula is C12H17BrClNO. The molecule has 1 rings (SSSR count). The van der Waals surface area contributed by atoms with Crippen molar-refractivity contribution < 1.29 is 5.11 Å². The van der Waals surface area contributed by atoms with E-state index in [4.69, 9.17) is 16.7 Å². The Morgan fingerprint density at radius 1 is 1.50 bits per heavy atom. The van der Waals surface area contributed by atoms with Crippen molar-refractivity contribution in [3.8, 4) is 0 Å². The zero-order chi connectivity index (χ0) is 12.1. The average molecular weight is 307 g/mol. The molecule has 4 heteroatoms. The summed E-state index contributed by atoms with van der Waals surface area (Å²) in [5.41, 5.74) is 1.05. The van der Waals surface area contributed by atoms with Crippen LogP contribution < -0.4 is 5.32 Å². The van der Waals surface area contributed by atoms with Crippen LogP contribution in [0.2, 0.25) is 5.02 Å². The molecule has 0 fully saturated rings. The molecule has 1 unspecified atom stereocenters. The first-order valence-corrected chi connectivity index (χ1v) is 6.57. The van der Waals surface area contributed by atoms with Crippen LogP contribution in [-0.2, 0) is 0 Å². The van der Waals surface area contributed by atoms with Crippen molar-refractivity contribution in [2.75, 3.05) is 6.61 Å². The van der Waals surface area contributed by atoms with E-state index in [1.165, 1.54) is 0 Å². The lowest BCUT2D eigenvalue weighted by Crippen LogP contribution is -2.34. The van der Waals surface area contributed by atoms with Gasteiger partial charge in [-0.1, -0.05) is 40.5 Å². The fraction of sp³-hybridized carbons (Fsp3) is 0.500. The summed E-state index contributed by atoms with van der Waals surface area (Å²) in [6.45, 7) is 4.24. The molecule has 0 aromatic heterocycles. The summed E-state index contributed by atoms with van der Waals surface area (Å²) < 4.78 is 0.975. The molecule has 0 aliphatic carbocycles. The van der Waals surface area contributed by atoms with Gasteiger partial charge in [-0.05, 0) is 31.0 Å². The van der Waals surface area contributed by atoms with Crippen LogP contribution in [0.25, 0.3) is 0 Å². The number of hydrogen-bond donors (Lipinski definition) is 2. The van der Waals surface area contributed by atoms with E-state index in [1.54, 1.807) is 0 Å². The molecule has 0 saturated carbocycles. The average Bonchev–Trinajstić information content (AvgIpc) is 2.25. The second kappa shape index (κ2) is 6.60. The summed E-state index contributed by atoms with van der Waals surface area (Å²) in [5, 5.41) is 13.2. The van der Waals surface area contributed by atoms with Gasteiger partial charge in [0, 0.05) is 21.6 Å². The highest BCUT2D eigenvalue weighted by molar-refractivity contribution is 9.10. The predicted octanol–water partition coefficient (Wildman–Crippen LogP) is 3.52. The Kier molecular flexibility index (Phi) is 5.76. The van der Waals surface area contributed by atoms with E-state index in [2.05, 4.69) is 21.2 Å². The molecule has 0 aliphatic rings. The van der Waals surface area contributed by atoms with Crippen LogP contribution >= 0.6 is 27.5 Å².